The van der Waals surface area contributed by atoms with E-state index in [1.165, 1.54) is 48.3 Å². The predicted molar refractivity (Wildman–Crippen MR) is 121 cm³/mol. The third-order valence-corrected chi connectivity index (χ3v) is 8.00. The van der Waals surface area contributed by atoms with E-state index < -0.39 is 34.6 Å². The number of nitrogens with zero attached hydrogens (tertiary/aromatic N) is 4. The Bertz CT molecular complexity index is 1260. The molecule has 4 atom stereocenters. The number of pyridine rings is 1. The molecule has 4 N–H and O–H groups in total. The van der Waals surface area contributed by atoms with Crippen molar-refractivity contribution < 1.29 is 13.6 Å². The molecule has 0 saturated heterocycles. The Morgan fingerprint density at radius 3 is 2.85 bits per heavy atom. The number of carbonyl (C=O) groups is 1. The van der Waals surface area contributed by atoms with E-state index in [9.17, 15) is 9.18 Å². The van der Waals surface area contributed by atoms with Crippen LogP contribution in [0.2, 0.25) is 5.02 Å². The number of amides is 1. The van der Waals surface area contributed by atoms with Crippen molar-refractivity contribution in [3.8, 4) is 0 Å². The van der Waals surface area contributed by atoms with Crippen LogP contribution in [0.1, 0.15) is 28.7 Å². The van der Waals surface area contributed by atoms with Gasteiger partial charge in [-0.2, -0.15) is 0 Å². The molecule has 1 amide bonds. The second-order valence-electron chi connectivity index (χ2n) is 8.04. The van der Waals surface area contributed by atoms with Crippen molar-refractivity contribution >= 4 is 40.1 Å². The van der Waals surface area contributed by atoms with Gasteiger partial charge in [0.15, 0.2) is 5.17 Å². The standard InChI is InChI=1S/C21H18ClF2N7OS/c1-10-17-20(9-23,29-19(25)33-21(10,17)16-8-27-31-30-16)13-6-12(3-4-14(13)24)28-18(32)15-5-2-11(22)7-26-15/h2-8,10,17H,9H2,1H3,(H2,25,29)(H,28,32)(H,27,30,31)/t10-,17-,20+,21+/m0/s1. The van der Waals surface area contributed by atoms with Crippen LogP contribution >= 0.6 is 23.4 Å². The molecule has 12 heteroatoms. The molecular formula is C21H18ClF2N7OS. The van der Waals surface area contributed by atoms with Crippen molar-refractivity contribution in [2.24, 2.45) is 22.6 Å². The van der Waals surface area contributed by atoms with E-state index in [2.05, 4.69) is 30.7 Å². The first-order valence-electron chi connectivity index (χ1n) is 10.0. The number of aromatic nitrogens is 4. The molecule has 0 radical (unpaired) electrons. The van der Waals surface area contributed by atoms with Gasteiger partial charge >= 0.3 is 0 Å². The number of benzene rings is 1. The van der Waals surface area contributed by atoms with Crippen LogP contribution in [0, 0.1) is 17.7 Å². The van der Waals surface area contributed by atoms with E-state index in [1.54, 1.807) is 6.20 Å². The number of H-pyrrole nitrogens is 1. The molecule has 5 rings (SSSR count). The summed E-state index contributed by atoms with van der Waals surface area (Å²) in [4.78, 5) is 21.0. The summed E-state index contributed by atoms with van der Waals surface area (Å²) in [7, 11) is 0. The summed E-state index contributed by atoms with van der Waals surface area (Å²) < 4.78 is 29.3. The minimum Gasteiger partial charge on any atom is -0.378 e. The molecule has 0 bridgehead atoms. The van der Waals surface area contributed by atoms with Crippen LogP contribution in [-0.2, 0) is 10.3 Å². The summed E-state index contributed by atoms with van der Waals surface area (Å²) in [5.41, 5.74) is 5.58. The zero-order valence-corrected chi connectivity index (χ0v) is 18.8. The van der Waals surface area contributed by atoms with Gasteiger partial charge in [-0.25, -0.2) is 18.8 Å². The lowest BCUT2D eigenvalue weighted by Crippen LogP contribution is -2.39. The minimum atomic E-state index is -1.57. The first-order chi connectivity index (χ1) is 15.8. The molecule has 0 unspecified atom stereocenters. The summed E-state index contributed by atoms with van der Waals surface area (Å²) >= 11 is 7.10. The SMILES string of the molecule is C[C@H]1[C@@H]2[C@@]1(c1c[nH]nn1)SC(N)=N[C@]2(CF)c1cc(NC(=O)c2ccc(Cl)cn2)ccc1F. The van der Waals surface area contributed by atoms with Crippen LogP contribution in [0.4, 0.5) is 14.5 Å². The van der Waals surface area contributed by atoms with Crippen LogP contribution in [0.15, 0.2) is 47.7 Å². The maximum absolute atomic E-state index is 15.1. The number of halogens is 3. The number of amidine groups is 1. The molecule has 1 aliphatic heterocycles. The molecule has 1 fully saturated rings. The quantitative estimate of drug-likeness (QED) is 0.503. The second kappa shape index (κ2) is 7.77. The molecule has 2 aliphatic rings. The molecule has 1 aliphatic carbocycles. The van der Waals surface area contributed by atoms with Gasteiger partial charge in [-0.1, -0.05) is 35.5 Å². The molecule has 33 heavy (non-hydrogen) atoms. The molecule has 2 aromatic heterocycles. The maximum atomic E-state index is 15.1. The summed E-state index contributed by atoms with van der Waals surface area (Å²) in [5.74, 6) is -1.69. The number of aromatic amines is 1. The topological polar surface area (TPSA) is 122 Å². The van der Waals surface area contributed by atoms with Gasteiger partial charge in [0.2, 0.25) is 0 Å². The number of carbonyl (C=O) groups excluding carboxylic acids is 1. The molecular weight excluding hydrogens is 472 g/mol. The van der Waals surface area contributed by atoms with Crippen molar-refractivity contribution in [2.45, 2.75) is 17.2 Å². The number of nitrogens with one attached hydrogen (secondary N) is 2. The van der Waals surface area contributed by atoms with E-state index >= 15 is 4.39 Å². The van der Waals surface area contributed by atoms with Gasteiger partial charge in [0.1, 0.15) is 23.7 Å². The lowest BCUT2D eigenvalue weighted by Gasteiger charge is -2.34. The third kappa shape index (κ3) is 3.29. The summed E-state index contributed by atoms with van der Waals surface area (Å²) in [5, 5.41) is 13.8. The van der Waals surface area contributed by atoms with E-state index in [0.29, 0.717) is 10.7 Å². The van der Waals surface area contributed by atoms with E-state index in [1.807, 2.05) is 6.92 Å². The van der Waals surface area contributed by atoms with Crippen LogP contribution in [0.5, 0.6) is 0 Å². The van der Waals surface area contributed by atoms with Crippen molar-refractivity contribution in [1.82, 2.24) is 20.4 Å². The van der Waals surface area contributed by atoms with Crippen LogP contribution in [0.3, 0.4) is 0 Å². The number of fused-ring (bicyclic) bond motifs is 1. The zero-order valence-electron chi connectivity index (χ0n) is 17.2. The first-order valence-corrected chi connectivity index (χ1v) is 11.2. The fraction of sp³-hybridized carbons (Fsp3) is 0.286. The highest BCUT2D eigenvalue weighted by Crippen LogP contribution is 2.74. The van der Waals surface area contributed by atoms with Crippen molar-refractivity contribution in [2.75, 3.05) is 12.0 Å². The van der Waals surface area contributed by atoms with Crippen molar-refractivity contribution in [1.29, 1.82) is 0 Å². The van der Waals surface area contributed by atoms with Crippen LogP contribution in [0.25, 0.3) is 0 Å². The number of nitrogens with two attached hydrogens (primary N) is 1. The summed E-state index contributed by atoms with van der Waals surface area (Å²) in [6, 6.07) is 6.97. The Balaban J connectivity index is 1.54. The lowest BCUT2D eigenvalue weighted by atomic mass is 9.83. The highest BCUT2D eigenvalue weighted by molar-refractivity contribution is 8.14. The fourth-order valence-electron chi connectivity index (χ4n) is 4.81. The fourth-order valence-corrected chi connectivity index (χ4v) is 6.46. The Hall–Kier alpha value is -3.05. The predicted octanol–water partition coefficient (Wildman–Crippen LogP) is 3.63. The Kier molecular flexibility index (Phi) is 5.13. The molecule has 170 valence electrons. The van der Waals surface area contributed by atoms with E-state index in [-0.39, 0.29) is 28.0 Å². The number of hydrogen-bond donors (Lipinski definition) is 3. The number of alkyl halides is 1. The summed E-state index contributed by atoms with van der Waals surface area (Å²) in [6.07, 6.45) is 2.98. The van der Waals surface area contributed by atoms with E-state index in [0.717, 1.165) is 0 Å². The molecule has 3 heterocycles. The Morgan fingerprint density at radius 1 is 1.36 bits per heavy atom. The van der Waals surface area contributed by atoms with Gasteiger partial charge in [0, 0.05) is 29.6 Å². The number of rotatable bonds is 5. The molecule has 1 aromatic carbocycles. The van der Waals surface area contributed by atoms with Gasteiger partial charge in [0.05, 0.1) is 15.5 Å². The first kappa shape index (κ1) is 21.8. The van der Waals surface area contributed by atoms with Gasteiger partial charge < -0.3 is 11.1 Å². The van der Waals surface area contributed by atoms with Gasteiger partial charge in [0.25, 0.3) is 5.91 Å². The monoisotopic (exact) mass is 489 g/mol. The lowest BCUT2D eigenvalue weighted by molar-refractivity contribution is 0.102. The number of hydrogen-bond acceptors (Lipinski definition) is 7. The Morgan fingerprint density at radius 2 is 2.18 bits per heavy atom. The summed E-state index contributed by atoms with van der Waals surface area (Å²) in [6.45, 7) is 0.955. The smallest absolute Gasteiger partial charge is 0.274 e. The van der Waals surface area contributed by atoms with Crippen LogP contribution in [-0.4, -0.2) is 38.1 Å². The van der Waals surface area contributed by atoms with Crippen molar-refractivity contribution in [3.05, 3.63) is 70.5 Å². The highest BCUT2D eigenvalue weighted by Gasteiger charge is 2.75. The third-order valence-electron chi connectivity index (χ3n) is 6.30. The second-order valence-corrected chi connectivity index (χ2v) is 9.77. The zero-order chi connectivity index (χ0) is 23.4. The molecule has 3 aromatic rings. The normalized spacial score (nSPS) is 28.1. The average Bonchev–Trinajstić information content (AvgIpc) is 3.16. The van der Waals surface area contributed by atoms with Crippen LogP contribution < -0.4 is 11.1 Å². The number of aliphatic imine (C=N–C) groups is 1. The minimum absolute atomic E-state index is 0.0114. The molecule has 0 spiro atoms. The largest absolute Gasteiger partial charge is 0.378 e. The van der Waals surface area contributed by atoms with Gasteiger partial charge in [-0.15, -0.1) is 5.10 Å². The molecule has 8 nitrogen and oxygen atoms in total. The molecule has 1 saturated carbocycles. The van der Waals surface area contributed by atoms with Gasteiger partial charge in [-0.05, 0) is 36.2 Å². The van der Waals surface area contributed by atoms with Gasteiger partial charge in [-0.3, -0.25) is 9.89 Å². The maximum Gasteiger partial charge on any atom is 0.274 e. The number of anilines is 1. The van der Waals surface area contributed by atoms with Crippen molar-refractivity contribution in [3.63, 3.8) is 0 Å². The van der Waals surface area contributed by atoms with E-state index in [4.69, 9.17) is 17.3 Å². The number of thioether (sulfide) groups is 1. The average molecular weight is 490 g/mol. The Labute approximate surface area is 196 Å². The highest BCUT2D eigenvalue weighted by atomic mass is 35.5.